The van der Waals surface area contributed by atoms with E-state index in [-0.39, 0.29) is 18.4 Å². The van der Waals surface area contributed by atoms with Crippen molar-refractivity contribution in [3.05, 3.63) is 28.2 Å². The van der Waals surface area contributed by atoms with Crippen LogP contribution in [-0.4, -0.2) is 20.7 Å². The van der Waals surface area contributed by atoms with Gasteiger partial charge in [0.2, 0.25) is 11.9 Å². The number of aryl methyl sites for hydroxylation is 1. The highest BCUT2D eigenvalue weighted by Gasteiger charge is 2.05. The Kier molecular flexibility index (Phi) is 3.93. The minimum Gasteiger partial charge on any atom is -0.367 e. The molecule has 0 aliphatic heterocycles. The van der Waals surface area contributed by atoms with Crippen molar-refractivity contribution in [1.82, 2.24) is 20.1 Å². The Morgan fingerprint density at radius 2 is 2.28 bits per heavy atom. The molecule has 6 nitrogen and oxygen atoms in total. The Balaban J connectivity index is 1.81. The topological polar surface area (TPSA) is 85.8 Å². The number of hydrogen-bond donors (Lipinski definition) is 2. The van der Waals surface area contributed by atoms with E-state index in [1.807, 2.05) is 6.07 Å². The van der Waals surface area contributed by atoms with Gasteiger partial charge in [-0.1, -0.05) is 6.92 Å². The van der Waals surface area contributed by atoms with Crippen LogP contribution in [0.1, 0.15) is 16.7 Å². The predicted molar refractivity (Wildman–Crippen MR) is 70.0 cm³/mol. The van der Waals surface area contributed by atoms with Gasteiger partial charge in [0.25, 0.3) is 0 Å². The maximum atomic E-state index is 11.6. The third-order valence-corrected chi connectivity index (χ3v) is 3.61. The summed E-state index contributed by atoms with van der Waals surface area (Å²) in [6.07, 6.45) is 2.46. The summed E-state index contributed by atoms with van der Waals surface area (Å²) < 4.78 is 1.41. The minimum atomic E-state index is -0.105. The maximum Gasteiger partial charge on any atom is 0.242 e. The van der Waals surface area contributed by atoms with E-state index in [0.29, 0.717) is 6.54 Å². The van der Waals surface area contributed by atoms with Crippen LogP contribution in [0.15, 0.2) is 18.5 Å². The van der Waals surface area contributed by atoms with Crippen molar-refractivity contribution in [2.75, 3.05) is 5.73 Å². The summed E-state index contributed by atoms with van der Waals surface area (Å²) in [6, 6.07) is 4.13. The zero-order valence-corrected chi connectivity index (χ0v) is 10.9. The Hall–Kier alpha value is -1.89. The molecule has 2 rings (SSSR count). The number of hydrogen-bond acceptors (Lipinski definition) is 5. The molecule has 0 aliphatic rings. The van der Waals surface area contributed by atoms with E-state index in [4.69, 9.17) is 5.73 Å². The molecule has 0 radical (unpaired) electrons. The van der Waals surface area contributed by atoms with Crippen LogP contribution in [-0.2, 0) is 24.3 Å². The van der Waals surface area contributed by atoms with E-state index >= 15 is 0 Å². The van der Waals surface area contributed by atoms with Crippen molar-refractivity contribution in [2.24, 2.45) is 0 Å². The lowest BCUT2D eigenvalue weighted by atomic mass is 10.3. The summed E-state index contributed by atoms with van der Waals surface area (Å²) in [5, 5.41) is 6.68. The molecular weight excluding hydrogens is 250 g/mol. The normalized spacial score (nSPS) is 10.5. The van der Waals surface area contributed by atoms with Crippen molar-refractivity contribution in [3.8, 4) is 0 Å². The molecule has 0 spiro atoms. The molecule has 2 aromatic rings. The summed E-state index contributed by atoms with van der Waals surface area (Å²) in [7, 11) is 0. The zero-order valence-electron chi connectivity index (χ0n) is 10.1. The summed E-state index contributed by atoms with van der Waals surface area (Å²) in [5.74, 6) is 0.0694. The largest absolute Gasteiger partial charge is 0.367 e. The van der Waals surface area contributed by atoms with Crippen LogP contribution >= 0.6 is 11.3 Å². The van der Waals surface area contributed by atoms with Crippen molar-refractivity contribution in [2.45, 2.75) is 26.4 Å². The smallest absolute Gasteiger partial charge is 0.242 e. The molecule has 0 fully saturated rings. The molecular formula is C11H15N5OS. The van der Waals surface area contributed by atoms with Crippen molar-refractivity contribution in [1.29, 1.82) is 0 Å². The molecule has 18 heavy (non-hydrogen) atoms. The molecule has 0 aliphatic carbocycles. The highest BCUT2D eigenvalue weighted by atomic mass is 32.1. The molecule has 2 aromatic heterocycles. The number of carbonyl (C=O) groups is 1. The number of amides is 1. The highest BCUT2D eigenvalue weighted by Crippen LogP contribution is 2.16. The zero-order chi connectivity index (χ0) is 13.0. The lowest BCUT2D eigenvalue weighted by molar-refractivity contribution is -0.122. The van der Waals surface area contributed by atoms with E-state index in [2.05, 4.69) is 28.4 Å². The van der Waals surface area contributed by atoms with E-state index in [1.54, 1.807) is 11.3 Å². The van der Waals surface area contributed by atoms with E-state index < -0.39 is 0 Å². The number of nitrogens with zero attached hydrogens (tertiary/aromatic N) is 3. The van der Waals surface area contributed by atoms with Gasteiger partial charge in [-0.25, -0.2) is 9.67 Å². The summed E-state index contributed by atoms with van der Waals surface area (Å²) in [4.78, 5) is 17.9. The Morgan fingerprint density at radius 3 is 2.89 bits per heavy atom. The van der Waals surface area contributed by atoms with Crippen LogP contribution in [0.25, 0.3) is 0 Å². The average Bonchev–Trinajstić information content (AvgIpc) is 2.95. The number of carbonyl (C=O) groups excluding carboxylic acids is 1. The molecule has 96 valence electrons. The van der Waals surface area contributed by atoms with Crippen LogP contribution in [0.4, 0.5) is 5.95 Å². The van der Waals surface area contributed by atoms with Gasteiger partial charge in [0.05, 0.1) is 6.54 Å². The van der Waals surface area contributed by atoms with Crippen molar-refractivity contribution in [3.63, 3.8) is 0 Å². The molecule has 0 bridgehead atoms. The second-order valence-corrected chi connectivity index (χ2v) is 5.05. The molecule has 0 atom stereocenters. The molecule has 2 heterocycles. The third-order valence-electron chi connectivity index (χ3n) is 2.39. The number of anilines is 1. The number of aromatic nitrogens is 3. The van der Waals surface area contributed by atoms with Gasteiger partial charge in [-0.05, 0) is 18.6 Å². The van der Waals surface area contributed by atoms with Gasteiger partial charge in [-0.3, -0.25) is 4.79 Å². The fourth-order valence-corrected chi connectivity index (χ4v) is 2.38. The summed E-state index contributed by atoms with van der Waals surface area (Å²) in [6.45, 7) is 2.80. The number of nitrogens with one attached hydrogen (secondary N) is 1. The predicted octanol–water partition coefficient (Wildman–Crippen LogP) is 0.801. The molecule has 1 amide bonds. The van der Waals surface area contributed by atoms with E-state index in [1.165, 1.54) is 15.9 Å². The fourth-order valence-electron chi connectivity index (χ4n) is 1.48. The molecule has 0 saturated carbocycles. The van der Waals surface area contributed by atoms with Crippen LogP contribution in [0.2, 0.25) is 0 Å². The third kappa shape index (κ3) is 3.30. The fraction of sp³-hybridized carbons (Fsp3) is 0.364. The standard InChI is InChI=1S/C11H15N5OS/c1-2-8-3-4-9(18-8)5-13-10(17)6-16-7-14-11(12)15-16/h3-4,7H,2,5-6H2,1H3,(H2,12,15)(H,13,17). The van der Waals surface area contributed by atoms with E-state index in [9.17, 15) is 4.79 Å². The van der Waals surface area contributed by atoms with Crippen LogP contribution < -0.4 is 11.1 Å². The van der Waals surface area contributed by atoms with E-state index in [0.717, 1.165) is 11.3 Å². The highest BCUT2D eigenvalue weighted by molar-refractivity contribution is 7.11. The van der Waals surface area contributed by atoms with Crippen LogP contribution in [0.5, 0.6) is 0 Å². The molecule has 0 saturated heterocycles. The van der Waals surface area contributed by atoms with Crippen LogP contribution in [0, 0.1) is 0 Å². The SMILES string of the molecule is CCc1ccc(CNC(=O)Cn2cnc(N)n2)s1. The van der Waals surface area contributed by atoms with Gasteiger partial charge in [-0.2, -0.15) is 0 Å². The Bertz CT molecular complexity index is 533. The summed E-state index contributed by atoms with van der Waals surface area (Å²) in [5.41, 5.74) is 5.36. The first-order valence-corrected chi connectivity index (χ1v) is 6.48. The first-order valence-electron chi connectivity index (χ1n) is 5.66. The molecule has 0 unspecified atom stereocenters. The molecule has 7 heteroatoms. The number of nitrogens with two attached hydrogens (primary N) is 1. The lowest BCUT2D eigenvalue weighted by Crippen LogP contribution is -2.27. The Morgan fingerprint density at radius 1 is 1.50 bits per heavy atom. The van der Waals surface area contributed by atoms with Gasteiger partial charge in [0.1, 0.15) is 12.9 Å². The minimum absolute atomic E-state index is 0.105. The van der Waals surface area contributed by atoms with Gasteiger partial charge in [-0.15, -0.1) is 16.4 Å². The van der Waals surface area contributed by atoms with Crippen molar-refractivity contribution >= 4 is 23.2 Å². The van der Waals surface area contributed by atoms with Gasteiger partial charge in [0.15, 0.2) is 0 Å². The van der Waals surface area contributed by atoms with Gasteiger partial charge >= 0.3 is 0 Å². The first-order chi connectivity index (χ1) is 8.67. The molecule has 3 N–H and O–H groups in total. The van der Waals surface area contributed by atoms with Crippen LogP contribution in [0.3, 0.4) is 0 Å². The number of rotatable bonds is 5. The Labute approximate surface area is 109 Å². The monoisotopic (exact) mass is 265 g/mol. The number of nitrogen functional groups attached to an aromatic ring is 1. The second kappa shape index (κ2) is 5.63. The maximum absolute atomic E-state index is 11.6. The van der Waals surface area contributed by atoms with Gasteiger partial charge in [0, 0.05) is 9.75 Å². The first kappa shape index (κ1) is 12.6. The average molecular weight is 265 g/mol. The lowest BCUT2D eigenvalue weighted by Gasteiger charge is -2.03. The second-order valence-electron chi connectivity index (χ2n) is 3.80. The molecule has 0 aromatic carbocycles. The van der Waals surface area contributed by atoms with Gasteiger partial charge < -0.3 is 11.1 Å². The quantitative estimate of drug-likeness (QED) is 0.837. The number of thiophene rings is 1. The van der Waals surface area contributed by atoms with Crippen molar-refractivity contribution < 1.29 is 4.79 Å². The summed E-state index contributed by atoms with van der Waals surface area (Å²) >= 11 is 1.72.